The Bertz CT molecular complexity index is 899. The molecule has 0 spiro atoms. The summed E-state index contributed by atoms with van der Waals surface area (Å²) < 4.78 is 5.87. The van der Waals surface area contributed by atoms with Crippen molar-refractivity contribution in [3.05, 3.63) is 63.9 Å². The highest BCUT2D eigenvalue weighted by Gasteiger charge is 2.25. The van der Waals surface area contributed by atoms with Crippen LogP contribution in [0.2, 0.25) is 0 Å². The van der Waals surface area contributed by atoms with Crippen LogP contribution in [-0.4, -0.2) is 11.5 Å². The van der Waals surface area contributed by atoms with E-state index in [-0.39, 0.29) is 16.7 Å². The van der Waals surface area contributed by atoms with Crippen LogP contribution in [0, 0.1) is 10.1 Å². The number of furan rings is 1. The Morgan fingerprint density at radius 1 is 1.29 bits per heavy atom. The van der Waals surface area contributed by atoms with Gasteiger partial charge in [0.05, 0.1) is 11.0 Å². The van der Waals surface area contributed by atoms with Crippen LogP contribution in [0.5, 0.6) is 0 Å². The van der Waals surface area contributed by atoms with Gasteiger partial charge in [-0.15, -0.1) is 0 Å². The summed E-state index contributed by atoms with van der Waals surface area (Å²) in [4.78, 5) is 11.1. The summed E-state index contributed by atoms with van der Waals surface area (Å²) in [6.07, 6.45) is 0.770. The number of rotatable bonds is 4. The van der Waals surface area contributed by atoms with Crippen LogP contribution in [0.15, 0.2) is 46.9 Å². The van der Waals surface area contributed by atoms with Crippen LogP contribution in [0.1, 0.15) is 24.3 Å². The summed E-state index contributed by atoms with van der Waals surface area (Å²) in [6.45, 7) is 2.74. The number of nitrogens with zero attached hydrogens (tertiary/aromatic N) is 1. The molecule has 1 aliphatic heterocycles. The first-order valence-corrected chi connectivity index (χ1v) is 7.92. The van der Waals surface area contributed by atoms with Crippen molar-refractivity contribution in [1.29, 1.82) is 0 Å². The van der Waals surface area contributed by atoms with E-state index in [2.05, 4.69) is 10.6 Å². The summed E-state index contributed by atoms with van der Waals surface area (Å²) in [5.74, 6) is 0.758. The smallest absolute Gasteiger partial charge is 0.292 e. The summed E-state index contributed by atoms with van der Waals surface area (Å²) in [5.41, 5.74) is 3.42. The molecule has 0 saturated carbocycles. The van der Waals surface area contributed by atoms with Gasteiger partial charge in [-0.05, 0) is 31.5 Å². The number of anilines is 2. The molecule has 0 bridgehead atoms. The number of nitro groups is 1. The largest absolute Gasteiger partial charge is 0.459 e. The molecular weight excluding hydrogens is 306 g/mol. The van der Waals surface area contributed by atoms with Gasteiger partial charge in [0.15, 0.2) is 0 Å². The van der Waals surface area contributed by atoms with Gasteiger partial charge in [-0.2, -0.15) is 0 Å². The molecule has 4 rings (SSSR count). The summed E-state index contributed by atoms with van der Waals surface area (Å²) in [5, 5.41) is 19.0. The molecule has 0 fully saturated rings. The molecule has 6 heteroatoms. The highest BCUT2D eigenvalue weighted by atomic mass is 16.6. The lowest BCUT2D eigenvalue weighted by molar-refractivity contribution is -0.384. The minimum atomic E-state index is -0.341. The number of benzene rings is 2. The molecular formula is C18H17N3O3. The lowest BCUT2D eigenvalue weighted by atomic mass is 10.1. The van der Waals surface area contributed by atoms with E-state index in [1.165, 1.54) is 0 Å². The minimum absolute atomic E-state index is 0.0976. The molecule has 2 N–H and O–H groups in total. The average Bonchev–Trinajstić information content (AvgIpc) is 3.21. The summed E-state index contributed by atoms with van der Waals surface area (Å²) in [7, 11) is 0. The predicted octanol–water partition coefficient (Wildman–Crippen LogP) is 4.48. The Kier molecular flexibility index (Phi) is 3.37. The molecule has 0 saturated heterocycles. The van der Waals surface area contributed by atoms with Crippen LogP contribution in [0.4, 0.5) is 17.1 Å². The van der Waals surface area contributed by atoms with Gasteiger partial charge in [0, 0.05) is 29.2 Å². The van der Waals surface area contributed by atoms with Crippen molar-refractivity contribution in [2.45, 2.75) is 19.4 Å². The third-order valence-corrected chi connectivity index (χ3v) is 4.41. The lowest BCUT2D eigenvalue weighted by Gasteiger charge is -2.16. The van der Waals surface area contributed by atoms with Crippen molar-refractivity contribution >= 4 is 28.0 Å². The number of nitrogens with one attached hydrogen (secondary N) is 2. The molecule has 6 nitrogen and oxygen atoms in total. The summed E-state index contributed by atoms with van der Waals surface area (Å²) >= 11 is 0. The second kappa shape index (κ2) is 5.56. The van der Waals surface area contributed by atoms with E-state index in [1.807, 2.05) is 37.3 Å². The zero-order chi connectivity index (χ0) is 16.7. The molecule has 0 amide bonds. The highest BCUT2D eigenvalue weighted by Crippen LogP contribution is 2.39. The van der Waals surface area contributed by atoms with Crippen LogP contribution >= 0.6 is 0 Å². The Balaban J connectivity index is 1.72. The normalized spacial score (nSPS) is 14.2. The molecule has 1 unspecified atom stereocenters. The van der Waals surface area contributed by atoms with Gasteiger partial charge in [-0.25, -0.2) is 0 Å². The monoisotopic (exact) mass is 323 g/mol. The number of fused-ring (bicyclic) bond motifs is 2. The van der Waals surface area contributed by atoms with Gasteiger partial charge in [-0.1, -0.05) is 18.2 Å². The zero-order valence-electron chi connectivity index (χ0n) is 13.2. The first kappa shape index (κ1) is 14.6. The first-order chi connectivity index (χ1) is 11.6. The van der Waals surface area contributed by atoms with E-state index < -0.39 is 0 Å². The summed E-state index contributed by atoms with van der Waals surface area (Å²) in [6, 6.07) is 12.9. The van der Waals surface area contributed by atoms with Gasteiger partial charge in [0.1, 0.15) is 17.0 Å². The highest BCUT2D eigenvalue weighted by molar-refractivity contribution is 5.79. The maximum Gasteiger partial charge on any atom is 0.292 e. The van der Waals surface area contributed by atoms with Gasteiger partial charge in [0.25, 0.3) is 5.69 Å². The third-order valence-electron chi connectivity index (χ3n) is 4.41. The van der Waals surface area contributed by atoms with Crippen LogP contribution in [0.25, 0.3) is 11.0 Å². The molecule has 2 aromatic carbocycles. The maximum absolute atomic E-state index is 11.4. The predicted molar refractivity (Wildman–Crippen MR) is 93.5 cm³/mol. The van der Waals surface area contributed by atoms with E-state index in [4.69, 9.17) is 4.42 Å². The quantitative estimate of drug-likeness (QED) is 0.546. The van der Waals surface area contributed by atoms with Crippen molar-refractivity contribution in [2.24, 2.45) is 0 Å². The van der Waals surface area contributed by atoms with Crippen molar-refractivity contribution < 1.29 is 9.34 Å². The number of hydrogen-bond donors (Lipinski definition) is 2. The average molecular weight is 323 g/mol. The van der Waals surface area contributed by atoms with Crippen molar-refractivity contribution in [1.82, 2.24) is 0 Å². The molecule has 0 radical (unpaired) electrons. The molecule has 3 aromatic rings. The van der Waals surface area contributed by atoms with Gasteiger partial charge in [0.2, 0.25) is 0 Å². The van der Waals surface area contributed by atoms with E-state index >= 15 is 0 Å². The minimum Gasteiger partial charge on any atom is -0.459 e. The molecule has 0 aliphatic carbocycles. The molecule has 1 atom stereocenters. The van der Waals surface area contributed by atoms with E-state index in [1.54, 1.807) is 12.1 Å². The zero-order valence-corrected chi connectivity index (χ0v) is 13.2. The fourth-order valence-electron chi connectivity index (χ4n) is 3.20. The SMILES string of the molecule is CC(Nc1c([N+](=O)[O-])ccc2c1CCN2)c1cc2ccccc2o1. The fourth-order valence-corrected chi connectivity index (χ4v) is 3.20. The third kappa shape index (κ3) is 2.36. The topological polar surface area (TPSA) is 80.3 Å². The van der Waals surface area contributed by atoms with Crippen LogP contribution in [0.3, 0.4) is 0 Å². The molecule has 122 valence electrons. The Morgan fingerprint density at radius 3 is 2.92 bits per heavy atom. The van der Waals surface area contributed by atoms with Gasteiger partial charge in [-0.3, -0.25) is 10.1 Å². The van der Waals surface area contributed by atoms with E-state index in [0.29, 0.717) is 5.69 Å². The van der Waals surface area contributed by atoms with E-state index in [9.17, 15) is 10.1 Å². The van der Waals surface area contributed by atoms with Gasteiger partial charge >= 0.3 is 0 Å². The van der Waals surface area contributed by atoms with Crippen molar-refractivity contribution in [3.63, 3.8) is 0 Å². The lowest BCUT2D eigenvalue weighted by Crippen LogP contribution is -2.09. The Labute approximate surface area is 138 Å². The fraction of sp³-hybridized carbons (Fsp3) is 0.222. The Hall–Kier alpha value is -3.02. The van der Waals surface area contributed by atoms with Crippen molar-refractivity contribution in [3.8, 4) is 0 Å². The van der Waals surface area contributed by atoms with Gasteiger partial charge < -0.3 is 15.1 Å². The Morgan fingerprint density at radius 2 is 2.12 bits per heavy atom. The molecule has 1 aromatic heterocycles. The number of para-hydroxylation sites is 1. The van der Waals surface area contributed by atoms with Crippen molar-refractivity contribution in [2.75, 3.05) is 17.2 Å². The van der Waals surface area contributed by atoms with Crippen LogP contribution in [-0.2, 0) is 6.42 Å². The molecule has 2 heterocycles. The second-order valence-electron chi connectivity index (χ2n) is 5.97. The van der Waals surface area contributed by atoms with Crippen LogP contribution < -0.4 is 10.6 Å². The maximum atomic E-state index is 11.4. The number of hydrogen-bond acceptors (Lipinski definition) is 5. The number of nitro benzene ring substituents is 1. The van der Waals surface area contributed by atoms with E-state index in [0.717, 1.165) is 40.9 Å². The standard InChI is InChI=1S/C18H17N3O3/c1-11(17-10-12-4-2-3-5-16(12)24-17)20-18-13-8-9-19-14(13)6-7-15(18)21(22)23/h2-7,10-11,19-20H,8-9H2,1H3. The second-order valence-corrected chi connectivity index (χ2v) is 5.97. The first-order valence-electron chi connectivity index (χ1n) is 7.92. The molecule has 1 aliphatic rings. The molecule has 24 heavy (non-hydrogen) atoms.